The second kappa shape index (κ2) is 31.1. The number of fused-ring (bicyclic) bond motifs is 2. The molecule has 2 aliphatic heterocycles. The number of sulfone groups is 2. The molecule has 0 bridgehead atoms. The average Bonchev–Trinajstić information content (AvgIpc) is 1.52. The summed E-state index contributed by atoms with van der Waals surface area (Å²) in [5.41, 5.74) is 1.97. The molecule has 10 amide bonds. The maximum Gasteiger partial charge on any atom is 0.389 e. The first-order valence-electron chi connectivity index (χ1n) is 35.8. The molecule has 12 atom stereocenters. The topological polar surface area (TPSA) is 369 Å². The van der Waals surface area contributed by atoms with Gasteiger partial charge in [-0.05, 0) is 133 Å². The Morgan fingerprint density at radius 2 is 1.30 bits per heavy atom. The first-order chi connectivity index (χ1) is 47.7. The Morgan fingerprint density at radius 1 is 0.696 bits per heavy atom. The molecule has 3 heterocycles. The summed E-state index contributed by atoms with van der Waals surface area (Å²) in [7, 11) is -7.99. The lowest BCUT2D eigenvalue weighted by Gasteiger charge is -2.41. The molecule has 102 heavy (non-hydrogen) atoms. The van der Waals surface area contributed by atoms with Crippen LogP contribution in [0.1, 0.15) is 158 Å². The molecule has 0 spiro atoms. The van der Waals surface area contributed by atoms with Crippen LogP contribution in [0.2, 0.25) is 0 Å². The fraction of sp³-hybridized carbons (Fsp3) is 0.681. The maximum atomic E-state index is 15.6. The predicted molar refractivity (Wildman–Crippen MR) is 370 cm³/mol. The highest BCUT2D eigenvalue weighted by Gasteiger charge is 2.73. The van der Waals surface area contributed by atoms with E-state index >= 15 is 14.4 Å². The Bertz CT molecular complexity index is 3730. The van der Waals surface area contributed by atoms with Crippen molar-refractivity contribution in [3.05, 3.63) is 67.4 Å². The number of nitrogens with one attached hydrogen (secondary N) is 7. The number of carbonyl (C=O) groups excluding carboxylic acids is 10. The summed E-state index contributed by atoms with van der Waals surface area (Å²) in [4.78, 5) is 149. The molecule has 25 nitrogen and oxygen atoms in total. The van der Waals surface area contributed by atoms with Crippen molar-refractivity contribution >= 4 is 78.7 Å². The van der Waals surface area contributed by atoms with Gasteiger partial charge in [-0.3, -0.25) is 38.4 Å². The van der Waals surface area contributed by atoms with Crippen LogP contribution in [0.4, 0.5) is 22.8 Å². The quantitative estimate of drug-likeness (QED) is 0.0328. The Balaban J connectivity index is 0.975. The molecule has 9 N–H and O–H groups in total. The highest BCUT2D eigenvalue weighted by atomic mass is 32.2. The molecular formula is C72H102F3N11O14S2. The van der Waals surface area contributed by atoms with Gasteiger partial charge in [-0.25, -0.2) is 31.4 Å². The van der Waals surface area contributed by atoms with E-state index in [4.69, 9.17) is 5.73 Å². The van der Waals surface area contributed by atoms with Gasteiger partial charge < -0.3 is 52.8 Å². The van der Waals surface area contributed by atoms with Crippen molar-refractivity contribution < 1.29 is 78.0 Å². The van der Waals surface area contributed by atoms with Crippen molar-refractivity contribution in [2.24, 2.45) is 69.3 Å². The number of hydrogen-bond acceptors (Lipinski definition) is 15. The molecule has 5 aliphatic carbocycles. The van der Waals surface area contributed by atoms with E-state index in [9.17, 15) is 63.6 Å². The van der Waals surface area contributed by atoms with Crippen molar-refractivity contribution in [3.8, 4) is 0 Å². The number of rotatable bonds is 30. The third-order valence-corrected chi connectivity index (χ3v) is 26.8. The van der Waals surface area contributed by atoms with Crippen LogP contribution in [-0.2, 0) is 58.0 Å². The predicted octanol–water partition coefficient (Wildman–Crippen LogP) is 6.01. The molecule has 562 valence electrons. The number of halogens is 3. The van der Waals surface area contributed by atoms with E-state index in [0.717, 1.165) is 25.7 Å². The minimum atomic E-state index is -4.82. The Morgan fingerprint density at radius 3 is 1.87 bits per heavy atom. The van der Waals surface area contributed by atoms with Crippen LogP contribution < -0.4 is 43.0 Å². The van der Waals surface area contributed by atoms with Gasteiger partial charge >= 0.3 is 18.2 Å². The van der Waals surface area contributed by atoms with Crippen molar-refractivity contribution in [3.63, 3.8) is 0 Å². The third-order valence-electron chi connectivity index (χ3n) is 23.2. The van der Waals surface area contributed by atoms with Gasteiger partial charge in [0.15, 0.2) is 24.7 Å². The molecule has 1 aromatic carbocycles. The molecule has 30 heteroatoms. The average molecular weight is 1470 g/mol. The van der Waals surface area contributed by atoms with E-state index in [0.29, 0.717) is 57.8 Å². The largest absolute Gasteiger partial charge is 0.389 e. The first-order valence-corrected chi connectivity index (χ1v) is 39.1. The number of alkyl halides is 3. The van der Waals surface area contributed by atoms with Gasteiger partial charge in [0.25, 0.3) is 11.8 Å². The fourth-order valence-corrected chi connectivity index (χ4v) is 20.5. The van der Waals surface area contributed by atoms with E-state index in [-0.39, 0.29) is 59.6 Å². The van der Waals surface area contributed by atoms with Crippen LogP contribution in [-0.4, -0.2) is 176 Å². The fourth-order valence-electron chi connectivity index (χ4n) is 17.1. The molecule has 9 rings (SSSR count). The molecule has 0 radical (unpaired) electrons. The van der Waals surface area contributed by atoms with E-state index in [2.05, 4.69) is 48.8 Å². The van der Waals surface area contributed by atoms with Crippen LogP contribution in [0.25, 0.3) is 0 Å². The molecule has 7 fully saturated rings. The lowest BCUT2D eigenvalue weighted by molar-refractivity contribution is -0.148. The number of likely N-dealkylation sites (tertiary alicyclic amines) is 2. The number of aromatic nitrogens is 1. The second-order valence-corrected chi connectivity index (χ2v) is 36.0. The minimum Gasteiger partial charge on any atom is -0.363 e. The van der Waals surface area contributed by atoms with Gasteiger partial charge in [0, 0.05) is 38.3 Å². The number of nitrogens with zero attached hydrogens (tertiary/aromatic N) is 3. The third kappa shape index (κ3) is 18.0. The van der Waals surface area contributed by atoms with Gasteiger partial charge in [-0.1, -0.05) is 137 Å². The van der Waals surface area contributed by atoms with Gasteiger partial charge in [-0.15, -0.1) is 6.58 Å². The SMILES string of the molecule is C=CCNC(=O)C(=O)C(CCC(F)(F)F)NC(=O)[C@@H]1C2C(CN1C(=O)[C@@H](NC(=O)NC1(CS(=O)(=O)c3ccccn3)CCCCC1)C(C)(C)C)C2(C)CC1CCC([C@H](NC(=O)N[C@H](CS(=O)(=O)c2ccccc2)C(C)C)C(=O)N2CC3C([C@H]2C(=O)NC(CC2CCC2)C(=O)C(N)=O)C3(C)C)CC1. The second-order valence-electron chi connectivity index (χ2n) is 32.1. The first kappa shape index (κ1) is 78.6. The van der Waals surface area contributed by atoms with Gasteiger partial charge in [-0.2, -0.15) is 13.2 Å². The van der Waals surface area contributed by atoms with Crippen molar-refractivity contribution in [2.45, 2.75) is 222 Å². The highest BCUT2D eigenvalue weighted by molar-refractivity contribution is 7.91. The molecule has 7 unspecified atom stereocenters. The summed E-state index contributed by atoms with van der Waals surface area (Å²) in [6, 6.07) is 1.11. The summed E-state index contributed by atoms with van der Waals surface area (Å²) in [6.45, 7) is 17.7. The number of piperidine rings is 2. The number of nitrogens with two attached hydrogens (primary N) is 1. The van der Waals surface area contributed by atoms with E-state index in [1.54, 1.807) is 58.9 Å². The summed E-state index contributed by atoms with van der Waals surface area (Å²) in [6.07, 6.45) is 2.41. The number of hydrogen-bond donors (Lipinski definition) is 8. The number of ketones is 2. The van der Waals surface area contributed by atoms with Crippen LogP contribution >= 0.6 is 0 Å². The van der Waals surface area contributed by atoms with Crippen LogP contribution in [0.3, 0.4) is 0 Å². The number of amides is 10. The summed E-state index contributed by atoms with van der Waals surface area (Å²) < 4.78 is 97.1. The monoisotopic (exact) mass is 1470 g/mol. The van der Waals surface area contributed by atoms with Crippen molar-refractivity contribution in [1.29, 1.82) is 0 Å². The zero-order valence-electron chi connectivity index (χ0n) is 59.6. The Kier molecular flexibility index (Phi) is 23.9. The van der Waals surface area contributed by atoms with E-state index in [1.807, 2.05) is 20.8 Å². The lowest BCUT2D eigenvalue weighted by Crippen LogP contribution is -2.64. The summed E-state index contributed by atoms with van der Waals surface area (Å²) in [5, 5.41) is 18.8. The maximum absolute atomic E-state index is 15.6. The smallest absolute Gasteiger partial charge is 0.363 e. The minimum absolute atomic E-state index is 0.0531. The summed E-state index contributed by atoms with van der Waals surface area (Å²) in [5.74, 6) is -11.4. The number of primary amides is 1. The molecule has 2 saturated heterocycles. The molecule has 5 saturated carbocycles. The zero-order valence-corrected chi connectivity index (χ0v) is 61.2. The number of Topliss-reactive ketones (excluding diaryl/α,β-unsaturated/α-hetero) is 2. The van der Waals surface area contributed by atoms with Gasteiger partial charge in [0.2, 0.25) is 35.2 Å². The van der Waals surface area contributed by atoms with Crippen molar-refractivity contribution in [1.82, 2.24) is 52.0 Å². The Labute approximate surface area is 595 Å². The number of urea groups is 2. The van der Waals surface area contributed by atoms with Crippen molar-refractivity contribution in [2.75, 3.05) is 31.1 Å². The highest BCUT2D eigenvalue weighted by Crippen LogP contribution is 2.69. The zero-order chi connectivity index (χ0) is 74.8. The molecular weight excluding hydrogens is 1360 g/mol. The van der Waals surface area contributed by atoms with Crippen LogP contribution in [0, 0.1) is 63.6 Å². The molecule has 7 aliphatic rings. The van der Waals surface area contributed by atoms with Gasteiger partial charge in [0.1, 0.15) is 24.2 Å². The Hall–Kier alpha value is -7.50. The normalized spacial score (nSPS) is 26.5. The van der Waals surface area contributed by atoms with E-state index in [1.165, 1.54) is 46.3 Å². The number of carbonyl (C=O) groups is 10. The number of benzene rings is 1. The summed E-state index contributed by atoms with van der Waals surface area (Å²) >= 11 is 0. The van der Waals surface area contributed by atoms with E-state index < -0.39 is 197 Å². The lowest BCUT2D eigenvalue weighted by atomic mass is 9.73. The standard InChI is InChI=1S/C72H102F3N11O14S2/c1-10-33-78-63(92)58(88)48(29-32-72(73,74)75)79-62(91)56-53-47(38-86(56)65(94)59(68(4,5)6)83-67(96)84-71(30-16-12-17-31-71)40-102(99,100)51-24-15-18-34-77-51)70(53,9)36-43-25-27-44(28-26-43)54(82-66(95)81-50(41(2)3)39-101(97,98)45-22-13-11-14-23-45)64(93)85-37-46-52(69(46,7)8)55(85)61(90)80-49(57(87)60(76)89)35-42-20-19-21-42/h10-11,13-15,18,22-24,34,41-44,46-50,52-56,59H,1,12,16-17,19-21,25-33,35-40H2,2-9H3,(H2,76,89)(H,78,92)(H,79,91)(H,80,90)(H2,81,82,95)(H2,83,84,96)/t43?,44?,46?,47?,48?,49?,50-,52?,53?,54+,55+,56+,59-,70?/m1/s1. The number of pyridine rings is 1. The van der Waals surface area contributed by atoms with Gasteiger partial charge in [0.05, 0.1) is 34.0 Å². The molecule has 1 aromatic heterocycles. The molecule has 2 aromatic rings. The van der Waals surface area contributed by atoms with Crippen LogP contribution in [0.5, 0.6) is 0 Å². The van der Waals surface area contributed by atoms with Crippen LogP contribution in [0.15, 0.2) is 77.3 Å².